The zero-order chi connectivity index (χ0) is 17.1. The summed E-state index contributed by atoms with van der Waals surface area (Å²) in [5, 5.41) is 0. The normalized spacial score (nSPS) is 15.1. The van der Waals surface area contributed by atoms with Crippen LogP contribution in [0.15, 0.2) is 45.8 Å². The van der Waals surface area contributed by atoms with E-state index in [0.29, 0.717) is 10.9 Å². The number of nitrogens with zero attached hydrogens (tertiary/aromatic N) is 2. The van der Waals surface area contributed by atoms with Gasteiger partial charge >= 0.3 is 0 Å². The van der Waals surface area contributed by atoms with E-state index in [2.05, 4.69) is 39.6 Å². The van der Waals surface area contributed by atoms with E-state index in [1.807, 2.05) is 12.1 Å². The molecule has 3 aromatic rings. The van der Waals surface area contributed by atoms with Crippen LogP contribution in [0.5, 0.6) is 0 Å². The van der Waals surface area contributed by atoms with Crippen LogP contribution >= 0.6 is 15.9 Å². The minimum Gasteiger partial charge on any atom is -0.321 e. The van der Waals surface area contributed by atoms with Crippen molar-refractivity contribution >= 4 is 36.8 Å². The Hall–Kier alpha value is -1.66. The van der Waals surface area contributed by atoms with Gasteiger partial charge in [-0.3, -0.25) is 0 Å². The van der Waals surface area contributed by atoms with Gasteiger partial charge in [-0.25, -0.2) is 13.4 Å². The minimum atomic E-state index is -3.19. The minimum absolute atomic E-state index is 0.333. The Kier molecular flexibility index (Phi) is 3.58. The second-order valence-corrected chi connectivity index (χ2v) is 9.35. The molecule has 0 bridgehead atoms. The Morgan fingerprint density at radius 1 is 1.17 bits per heavy atom. The first kappa shape index (κ1) is 15.8. The van der Waals surface area contributed by atoms with E-state index in [9.17, 15) is 8.42 Å². The van der Waals surface area contributed by atoms with Gasteiger partial charge in [-0.2, -0.15) is 0 Å². The molecule has 1 fully saturated rings. The molecule has 0 aliphatic heterocycles. The quantitative estimate of drug-likeness (QED) is 0.644. The average Bonchev–Trinajstić information content (AvgIpc) is 3.27. The molecule has 4 rings (SSSR count). The van der Waals surface area contributed by atoms with Gasteiger partial charge < -0.3 is 4.57 Å². The van der Waals surface area contributed by atoms with Crippen LogP contribution < -0.4 is 0 Å². The summed E-state index contributed by atoms with van der Waals surface area (Å²) in [5.74, 6) is 0.911. The highest BCUT2D eigenvalue weighted by Crippen LogP contribution is 2.42. The van der Waals surface area contributed by atoms with Crippen LogP contribution in [0, 0.1) is 6.92 Å². The molecule has 24 heavy (non-hydrogen) atoms. The lowest BCUT2D eigenvalue weighted by molar-refractivity contribution is 0.602. The van der Waals surface area contributed by atoms with Crippen LogP contribution in [0.1, 0.15) is 24.4 Å². The third kappa shape index (κ3) is 2.67. The van der Waals surface area contributed by atoms with Crippen molar-refractivity contribution in [2.45, 2.75) is 30.7 Å². The second kappa shape index (κ2) is 5.43. The lowest BCUT2D eigenvalue weighted by Crippen LogP contribution is -1.99. The monoisotopic (exact) mass is 404 g/mol. The van der Waals surface area contributed by atoms with Crippen LogP contribution in [-0.4, -0.2) is 24.2 Å². The van der Waals surface area contributed by atoms with Crippen LogP contribution in [-0.2, 0) is 9.84 Å². The van der Waals surface area contributed by atoms with Gasteiger partial charge in [0.2, 0.25) is 0 Å². The molecule has 1 aliphatic rings. The molecule has 124 valence electrons. The number of rotatable bonds is 3. The number of benzene rings is 2. The zero-order valence-electron chi connectivity index (χ0n) is 13.5. The van der Waals surface area contributed by atoms with Gasteiger partial charge in [0.25, 0.3) is 0 Å². The number of aryl methyl sites for hydroxylation is 1. The lowest BCUT2D eigenvalue weighted by atomic mass is 10.2. The van der Waals surface area contributed by atoms with Crippen molar-refractivity contribution in [2.75, 3.05) is 6.26 Å². The first-order valence-electron chi connectivity index (χ1n) is 7.83. The highest BCUT2D eigenvalue weighted by Gasteiger charge is 2.29. The van der Waals surface area contributed by atoms with E-state index in [1.54, 1.807) is 12.1 Å². The predicted molar refractivity (Wildman–Crippen MR) is 99.0 cm³/mol. The number of halogens is 1. The maximum Gasteiger partial charge on any atom is 0.175 e. The van der Waals surface area contributed by atoms with E-state index in [4.69, 9.17) is 4.98 Å². The van der Waals surface area contributed by atoms with Crippen molar-refractivity contribution in [3.05, 3.63) is 46.4 Å². The zero-order valence-corrected chi connectivity index (χ0v) is 15.9. The molecule has 0 amide bonds. The van der Waals surface area contributed by atoms with Crippen LogP contribution in [0.25, 0.3) is 22.4 Å². The first-order valence-corrected chi connectivity index (χ1v) is 10.5. The molecule has 0 atom stereocenters. The molecule has 4 nitrogen and oxygen atoms in total. The van der Waals surface area contributed by atoms with Gasteiger partial charge in [0.05, 0.1) is 15.9 Å². The molecule has 0 spiro atoms. The summed E-state index contributed by atoms with van der Waals surface area (Å²) in [6, 6.07) is 11.7. The van der Waals surface area contributed by atoms with E-state index in [0.717, 1.165) is 45.3 Å². The summed E-state index contributed by atoms with van der Waals surface area (Å²) >= 11 is 3.58. The summed E-state index contributed by atoms with van der Waals surface area (Å²) in [6.07, 6.45) is 3.54. The van der Waals surface area contributed by atoms with Crippen molar-refractivity contribution < 1.29 is 8.42 Å². The van der Waals surface area contributed by atoms with Crippen LogP contribution in [0.4, 0.5) is 0 Å². The molecule has 0 N–H and O–H groups in total. The molecule has 2 aromatic carbocycles. The topological polar surface area (TPSA) is 52.0 Å². The van der Waals surface area contributed by atoms with Crippen molar-refractivity contribution in [1.29, 1.82) is 0 Å². The largest absolute Gasteiger partial charge is 0.321 e. The number of fused-ring (bicyclic) bond motifs is 1. The fourth-order valence-electron chi connectivity index (χ4n) is 3.08. The highest BCUT2D eigenvalue weighted by molar-refractivity contribution is 9.10. The maximum atomic E-state index is 11.7. The summed E-state index contributed by atoms with van der Waals surface area (Å²) in [4.78, 5) is 5.20. The SMILES string of the molecule is Cc1cc(Br)cc2c1nc(-c1ccc(S(C)(=O)=O)cc1)n2C1CC1. The molecule has 1 saturated carbocycles. The molecular weight excluding hydrogens is 388 g/mol. The van der Waals surface area contributed by atoms with E-state index in [1.165, 1.54) is 6.26 Å². The standard InChI is InChI=1S/C18H17BrN2O2S/c1-11-9-13(19)10-16-17(11)20-18(21(16)14-5-6-14)12-3-7-15(8-4-12)24(2,22)23/h3-4,7-10,14H,5-6H2,1-2H3. The molecule has 1 aromatic heterocycles. The fourth-order valence-corrected chi connectivity index (χ4v) is 4.27. The number of imidazole rings is 1. The van der Waals surface area contributed by atoms with Gasteiger partial charge in [0, 0.05) is 22.3 Å². The Labute approximate surface area is 149 Å². The molecule has 1 heterocycles. The lowest BCUT2D eigenvalue weighted by Gasteiger charge is -2.08. The van der Waals surface area contributed by atoms with Gasteiger partial charge in [0.1, 0.15) is 5.82 Å². The Bertz CT molecular complexity index is 1050. The smallest absolute Gasteiger partial charge is 0.175 e. The molecular formula is C18H17BrN2O2S. The highest BCUT2D eigenvalue weighted by atomic mass is 79.9. The van der Waals surface area contributed by atoms with Crippen LogP contribution in [0.3, 0.4) is 0 Å². The van der Waals surface area contributed by atoms with E-state index in [-0.39, 0.29) is 0 Å². The van der Waals surface area contributed by atoms with Gasteiger partial charge in [-0.1, -0.05) is 15.9 Å². The molecule has 0 radical (unpaired) electrons. The molecule has 0 unspecified atom stereocenters. The maximum absolute atomic E-state index is 11.7. The molecule has 0 saturated heterocycles. The number of aromatic nitrogens is 2. The van der Waals surface area contributed by atoms with Crippen molar-refractivity contribution in [2.24, 2.45) is 0 Å². The number of sulfone groups is 1. The van der Waals surface area contributed by atoms with Crippen molar-refractivity contribution in [3.63, 3.8) is 0 Å². The van der Waals surface area contributed by atoms with Crippen molar-refractivity contribution in [3.8, 4) is 11.4 Å². The second-order valence-electron chi connectivity index (χ2n) is 6.42. The third-order valence-electron chi connectivity index (χ3n) is 4.40. The summed E-state index contributed by atoms with van der Waals surface area (Å²) in [5.41, 5.74) is 4.22. The molecule has 6 heteroatoms. The summed E-state index contributed by atoms with van der Waals surface area (Å²) < 4.78 is 26.7. The Morgan fingerprint density at radius 2 is 1.83 bits per heavy atom. The van der Waals surface area contributed by atoms with Gasteiger partial charge in [-0.15, -0.1) is 0 Å². The Balaban J connectivity index is 1.93. The molecule has 1 aliphatic carbocycles. The van der Waals surface area contributed by atoms with Crippen LogP contribution in [0.2, 0.25) is 0 Å². The van der Waals surface area contributed by atoms with Gasteiger partial charge in [-0.05, 0) is 61.7 Å². The number of hydrogen-bond donors (Lipinski definition) is 0. The summed E-state index contributed by atoms with van der Waals surface area (Å²) in [7, 11) is -3.19. The Morgan fingerprint density at radius 3 is 2.42 bits per heavy atom. The van der Waals surface area contributed by atoms with E-state index >= 15 is 0 Å². The first-order chi connectivity index (χ1) is 11.3. The van der Waals surface area contributed by atoms with Gasteiger partial charge in [0.15, 0.2) is 9.84 Å². The number of hydrogen-bond acceptors (Lipinski definition) is 3. The average molecular weight is 405 g/mol. The summed E-state index contributed by atoms with van der Waals surface area (Å²) in [6.45, 7) is 2.06. The van der Waals surface area contributed by atoms with E-state index < -0.39 is 9.84 Å². The third-order valence-corrected chi connectivity index (χ3v) is 5.99. The van der Waals surface area contributed by atoms with Crippen molar-refractivity contribution in [1.82, 2.24) is 9.55 Å². The fraction of sp³-hybridized carbons (Fsp3) is 0.278. The predicted octanol–water partition coefficient (Wildman–Crippen LogP) is 4.51.